The third-order valence-electron chi connectivity index (χ3n) is 1.25. The molecule has 1 radical (unpaired) electrons. The molecule has 0 aromatic carbocycles. The SMILES string of the molecule is [CH2-]N1CCC(O)C1.[Y]. The average molecular weight is 189 g/mol. The first-order valence-corrected chi connectivity index (χ1v) is 2.52. The third-order valence-corrected chi connectivity index (χ3v) is 1.25. The minimum Gasteiger partial charge on any atom is -0.457 e. The monoisotopic (exact) mass is 189 g/mol. The third kappa shape index (κ3) is 2.54. The molecule has 3 heteroatoms. The van der Waals surface area contributed by atoms with Gasteiger partial charge in [0.15, 0.2) is 0 Å². The van der Waals surface area contributed by atoms with E-state index < -0.39 is 0 Å². The maximum atomic E-state index is 8.82. The van der Waals surface area contributed by atoms with Crippen LogP contribution in [0.2, 0.25) is 0 Å². The number of β-amino-alcohol motifs (C(OH)–C–C–N with tert-alkyl or cyclic N) is 1. The number of rotatable bonds is 0. The summed E-state index contributed by atoms with van der Waals surface area (Å²) in [5, 5.41) is 8.82. The number of aliphatic hydroxyl groups is 1. The fraction of sp³-hybridized carbons (Fsp3) is 0.800. The summed E-state index contributed by atoms with van der Waals surface area (Å²) >= 11 is 0. The minimum absolute atomic E-state index is 0. The Balaban J connectivity index is 0.000000490. The van der Waals surface area contributed by atoms with Crippen molar-refractivity contribution in [2.75, 3.05) is 13.1 Å². The Bertz CT molecular complexity index is 61.4. The van der Waals surface area contributed by atoms with Gasteiger partial charge in [-0.15, -0.1) is 0 Å². The van der Waals surface area contributed by atoms with Crippen LogP contribution >= 0.6 is 0 Å². The zero-order valence-corrected chi connectivity index (χ0v) is 7.72. The maximum Gasteiger partial charge on any atom is 0.0654 e. The molecule has 0 amide bonds. The van der Waals surface area contributed by atoms with E-state index >= 15 is 0 Å². The zero-order valence-electron chi connectivity index (χ0n) is 4.88. The molecule has 0 aliphatic carbocycles. The number of nitrogens with zero attached hydrogens (tertiary/aromatic N) is 1. The molecule has 1 aliphatic rings. The molecule has 0 spiro atoms. The van der Waals surface area contributed by atoms with Crippen LogP contribution in [0, 0.1) is 7.05 Å². The van der Waals surface area contributed by atoms with Crippen molar-refractivity contribution in [3.63, 3.8) is 0 Å². The summed E-state index contributed by atoms with van der Waals surface area (Å²) in [6.07, 6.45) is 0.779. The summed E-state index contributed by atoms with van der Waals surface area (Å²) in [6, 6.07) is 0. The van der Waals surface area contributed by atoms with Gasteiger partial charge in [-0.25, -0.2) is 0 Å². The standard InChI is InChI=1S/C5H10NO.Y/c1-6-3-2-5(7)4-6;/h5,7H,1-4H2;/q-1;. The molecule has 0 saturated carbocycles. The van der Waals surface area contributed by atoms with Crippen molar-refractivity contribution >= 4 is 0 Å². The summed E-state index contributed by atoms with van der Waals surface area (Å²) < 4.78 is 0. The van der Waals surface area contributed by atoms with Crippen molar-refractivity contribution in [1.82, 2.24) is 4.90 Å². The van der Waals surface area contributed by atoms with E-state index in [4.69, 9.17) is 5.11 Å². The maximum absolute atomic E-state index is 8.82. The van der Waals surface area contributed by atoms with E-state index in [0.29, 0.717) is 0 Å². The predicted octanol–water partition coefficient (Wildman–Crippen LogP) is -0.158. The van der Waals surface area contributed by atoms with E-state index in [1.54, 1.807) is 0 Å². The molecule has 0 bridgehead atoms. The first-order valence-electron chi connectivity index (χ1n) is 2.52. The molecule has 1 saturated heterocycles. The molecule has 2 nitrogen and oxygen atoms in total. The van der Waals surface area contributed by atoms with Crippen LogP contribution in [0.5, 0.6) is 0 Å². The molecule has 1 aliphatic heterocycles. The smallest absolute Gasteiger partial charge is 0.0654 e. The first kappa shape index (κ1) is 9.02. The Morgan fingerprint density at radius 1 is 1.62 bits per heavy atom. The fourth-order valence-electron chi connectivity index (χ4n) is 0.812. The molecule has 1 heterocycles. The summed E-state index contributed by atoms with van der Waals surface area (Å²) in [7, 11) is 3.66. The van der Waals surface area contributed by atoms with Crippen LogP contribution in [0.15, 0.2) is 0 Å². The van der Waals surface area contributed by atoms with Gasteiger partial charge in [-0.3, -0.25) is 7.05 Å². The van der Waals surface area contributed by atoms with Crippen molar-refractivity contribution in [2.45, 2.75) is 12.5 Å². The van der Waals surface area contributed by atoms with E-state index in [1.807, 2.05) is 4.90 Å². The number of likely N-dealkylation sites (tertiary alicyclic amines) is 1. The fourth-order valence-corrected chi connectivity index (χ4v) is 0.812. The molecule has 1 N–H and O–H groups in total. The van der Waals surface area contributed by atoms with Crippen LogP contribution < -0.4 is 0 Å². The number of hydrogen-bond acceptors (Lipinski definition) is 2. The normalized spacial score (nSPS) is 30.0. The molecular formula is C5H10NOY-. The molecule has 1 fully saturated rings. The minimum atomic E-state index is -0.113. The summed E-state index contributed by atoms with van der Waals surface area (Å²) in [5.74, 6) is 0. The van der Waals surface area contributed by atoms with E-state index in [9.17, 15) is 0 Å². The van der Waals surface area contributed by atoms with Gasteiger partial charge in [0.05, 0.1) is 6.10 Å². The van der Waals surface area contributed by atoms with Gasteiger partial charge >= 0.3 is 0 Å². The Morgan fingerprint density at radius 2 is 2.25 bits per heavy atom. The van der Waals surface area contributed by atoms with Crippen molar-refractivity contribution in [3.8, 4) is 0 Å². The van der Waals surface area contributed by atoms with Gasteiger partial charge in [0.1, 0.15) is 0 Å². The van der Waals surface area contributed by atoms with E-state index in [0.717, 1.165) is 19.5 Å². The molecule has 0 aromatic heterocycles. The van der Waals surface area contributed by atoms with Gasteiger partial charge in [-0.05, 0) is 19.5 Å². The van der Waals surface area contributed by atoms with Gasteiger partial charge in [0, 0.05) is 32.7 Å². The van der Waals surface area contributed by atoms with E-state index in [1.165, 1.54) is 0 Å². The largest absolute Gasteiger partial charge is 0.457 e. The summed E-state index contributed by atoms with van der Waals surface area (Å²) in [4.78, 5) is 1.88. The second-order valence-electron chi connectivity index (χ2n) is 2.02. The molecular weight excluding hydrogens is 179 g/mol. The molecule has 1 rings (SSSR count). The van der Waals surface area contributed by atoms with Crippen LogP contribution in [0.3, 0.4) is 0 Å². The summed E-state index contributed by atoms with van der Waals surface area (Å²) in [6.45, 7) is 1.70. The molecule has 45 valence electrons. The summed E-state index contributed by atoms with van der Waals surface area (Å²) in [5.41, 5.74) is 0. The molecule has 1 atom stereocenters. The second kappa shape index (κ2) is 3.94. The topological polar surface area (TPSA) is 23.5 Å². The Hall–Kier alpha value is 1.02. The van der Waals surface area contributed by atoms with E-state index in [2.05, 4.69) is 7.05 Å². The quantitative estimate of drug-likeness (QED) is 0.535. The molecule has 8 heavy (non-hydrogen) atoms. The van der Waals surface area contributed by atoms with Crippen LogP contribution in [0.4, 0.5) is 0 Å². The van der Waals surface area contributed by atoms with Gasteiger partial charge in [-0.1, -0.05) is 0 Å². The van der Waals surface area contributed by atoms with Crippen molar-refractivity contribution in [2.24, 2.45) is 0 Å². The van der Waals surface area contributed by atoms with Gasteiger partial charge in [-0.2, -0.15) is 0 Å². The average Bonchev–Trinajstić information content (AvgIpc) is 1.87. The van der Waals surface area contributed by atoms with E-state index in [-0.39, 0.29) is 38.8 Å². The number of hydrogen-bond donors (Lipinski definition) is 1. The Morgan fingerprint density at radius 3 is 2.38 bits per heavy atom. The Kier molecular flexibility index (Phi) is 4.44. The van der Waals surface area contributed by atoms with Gasteiger partial charge in [0.2, 0.25) is 0 Å². The van der Waals surface area contributed by atoms with Crippen molar-refractivity contribution in [1.29, 1.82) is 0 Å². The first-order chi connectivity index (χ1) is 3.29. The molecule has 1 unspecified atom stereocenters. The van der Waals surface area contributed by atoms with Crippen LogP contribution in [-0.2, 0) is 32.7 Å². The zero-order chi connectivity index (χ0) is 5.28. The van der Waals surface area contributed by atoms with Crippen molar-refractivity contribution < 1.29 is 37.8 Å². The van der Waals surface area contributed by atoms with Crippen LogP contribution in [-0.4, -0.2) is 29.2 Å². The molecule has 0 aromatic rings. The number of aliphatic hydroxyl groups excluding tert-OH is 1. The van der Waals surface area contributed by atoms with Crippen molar-refractivity contribution in [3.05, 3.63) is 7.05 Å². The Labute approximate surface area is 75.1 Å². The predicted molar refractivity (Wildman–Crippen MR) is 27.6 cm³/mol. The van der Waals surface area contributed by atoms with Gasteiger partial charge < -0.3 is 10.0 Å². The van der Waals surface area contributed by atoms with Crippen LogP contribution in [0.25, 0.3) is 0 Å². The van der Waals surface area contributed by atoms with Gasteiger partial charge in [0.25, 0.3) is 0 Å². The second-order valence-corrected chi connectivity index (χ2v) is 2.02. The van der Waals surface area contributed by atoms with Crippen LogP contribution in [0.1, 0.15) is 6.42 Å².